The van der Waals surface area contributed by atoms with Crippen LogP contribution >= 0.6 is 0 Å². The van der Waals surface area contributed by atoms with Gasteiger partial charge in [-0.15, -0.1) is 0 Å². The summed E-state index contributed by atoms with van der Waals surface area (Å²) in [6, 6.07) is 4.57. The summed E-state index contributed by atoms with van der Waals surface area (Å²) < 4.78 is 15.1. The smallest absolute Gasteiger partial charge is 0.220 e. The monoisotopic (exact) mass is 292 g/mol. The molecule has 1 heterocycles. The Bertz CT molecular complexity index is 623. The van der Waals surface area contributed by atoms with Crippen molar-refractivity contribution in [3.8, 4) is 0 Å². The molecule has 1 aromatic heterocycles. The van der Waals surface area contributed by atoms with E-state index in [0.717, 1.165) is 24.3 Å². The van der Waals surface area contributed by atoms with Crippen molar-refractivity contribution in [1.29, 1.82) is 0 Å². The molecule has 2 N–H and O–H groups in total. The minimum absolute atomic E-state index is 0.0510. The van der Waals surface area contributed by atoms with Crippen molar-refractivity contribution in [3.63, 3.8) is 0 Å². The molecule has 0 saturated heterocycles. The number of halogens is 1. The Morgan fingerprint density at radius 2 is 2.19 bits per heavy atom. The first-order valence-electron chi connectivity index (χ1n) is 7.14. The molecule has 21 heavy (non-hydrogen) atoms. The van der Waals surface area contributed by atoms with Crippen molar-refractivity contribution in [1.82, 2.24) is 20.2 Å². The van der Waals surface area contributed by atoms with Gasteiger partial charge in [-0.2, -0.15) is 0 Å². The Morgan fingerprint density at radius 3 is 2.95 bits per heavy atom. The van der Waals surface area contributed by atoms with E-state index in [0.29, 0.717) is 24.9 Å². The number of carbonyl (C=O) groups excluding carboxylic acids is 1. The average molecular weight is 292 g/mol. The number of nitrogens with zero attached hydrogens (tertiary/aromatic N) is 2. The Labute approximate surface area is 123 Å². The lowest BCUT2D eigenvalue weighted by atomic mass is 10.3. The van der Waals surface area contributed by atoms with E-state index in [1.54, 1.807) is 6.07 Å². The molecule has 0 unspecified atom stereocenters. The quantitative estimate of drug-likeness (QED) is 0.758. The molecule has 6 heteroatoms. The number of carbonyl (C=O) groups is 1. The van der Waals surface area contributed by atoms with Crippen LogP contribution in [0.1, 0.15) is 18.7 Å². The summed E-state index contributed by atoms with van der Waals surface area (Å²) in [5, 5.41) is 5.89. The van der Waals surface area contributed by atoms with E-state index in [9.17, 15) is 9.18 Å². The Hall–Kier alpha value is -1.95. The first-order chi connectivity index (χ1) is 10.1. The molecule has 0 aliphatic rings. The largest absolute Gasteiger partial charge is 0.356 e. The highest BCUT2D eigenvalue weighted by molar-refractivity contribution is 5.76. The number of aryl methyl sites for hydroxylation is 1. The lowest BCUT2D eigenvalue weighted by Gasteiger charge is -2.05. The lowest BCUT2D eigenvalue weighted by molar-refractivity contribution is -0.121. The van der Waals surface area contributed by atoms with E-state index in [1.165, 1.54) is 12.1 Å². The van der Waals surface area contributed by atoms with Gasteiger partial charge in [-0.1, -0.05) is 0 Å². The summed E-state index contributed by atoms with van der Waals surface area (Å²) in [6.45, 7) is 1.38. The highest BCUT2D eigenvalue weighted by atomic mass is 19.1. The molecule has 114 valence electrons. The van der Waals surface area contributed by atoms with Crippen LogP contribution < -0.4 is 10.6 Å². The fraction of sp³-hybridized carbons (Fsp3) is 0.467. The first-order valence-corrected chi connectivity index (χ1v) is 7.14. The van der Waals surface area contributed by atoms with E-state index < -0.39 is 0 Å². The van der Waals surface area contributed by atoms with E-state index in [-0.39, 0.29) is 11.7 Å². The van der Waals surface area contributed by atoms with E-state index in [4.69, 9.17) is 0 Å². The third-order valence-electron chi connectivity index (χ3n) is 3.44. The van der Waals surface area contributed by atoms with Gasteiger partial charge in [-0.3, -0.25) is 4.79 Å². The van der Waals surface area contributed by atoms with Gasteiger partial charge in [0, 0.05) is 32.5 Å². The van der Waals surface area contributed by atoms with Crippen molar-refractivity contribution in [3.05, 3.63) is 29.8 Å². The number of aromatic nitrogens is 2. The second-order valence-electron chi connectivity index (χ2n) is 5.03. The summed E-state index contributed by atoms with van der Waals surface area (Å²) in [5.74, 6) is 0.603. The van der Waals surface area contributed by atoms with Crippen LogP contribution in [0.3, 0.4) is 0 Å². The SMILES string of the molecule is CNCCCC(=O)NCCc1nc2cc(F)ccc2n1C. The molecule has 0 aliphatic heterocycles. The van der Waals surface area contributed by atoms with Crippen LogP contribution in [0.5, 0.6) is 0 Å². The normalized spacial score (nSPS) is 11.0. The summed E-state index contributed by atoms with van der Waals surface area (Å²) in [7, 11) is 3.77. The van der Waals surface area contributed by atoms with Gasteiger partial charge in [0.2, 0.25) is 5.91 Å². The van der Waals surface area contributed by atoms with Gasteiger partial charge in [0.05, 0.1) is 11.0 Å². The third kappa shape index (κ3) is 4.01. The molecule has 0 radical (unpaired) electrons. The topological polar surface area (TPSA) is 59.0 Å². The fourth-order valence-corrected chi connectivity index (χ4v) is 2.27. The van der Waals surface area contributed by atoms with Crippen molar-refractivity contribution in [2.24, 2.45) is 7.05 Å². The van der Waals surface area contributed by atoms with Crippen molar-refractivity contribution >= 4 is 16.9 Å². The summed E-state index contributed by atoms with van der Waals surface area (Å²) in [6.07, 6.45) is 1.98. The summed E-state index contributed by atoms with van der Waals surface area (Å²) >= 11 is 0. The molecular weight excluding hydrogens is 271 g/mol. The molecule has 0 aliphatic carbocycles. The molecular formula is C15H21FN4O. The van der Waals surface area contributed by atoms with Crippen molar-refractivity contribution in [2.75, 3.05) is 20.1 Å². The van der Waals surface area contributed by atoms with Crippen LogP contribution in [-0.4, -0.2) is 35.6 Å². The minimum Gasteiger partial charge on any atom is -0.356 e. The van der Waals surface area contributed by atoms with Crippen LogP contribution in [0.4, 0.5) is 4.39 Å². The third-order valence-corrected chi connectivity index (χ3v) is 3.44. The Morgan fingerprint density at radius 1 is 1.38 bits per heavy atom. The second kappa shape index (κ2) is 7.17. The highest BCUT2D eigenvalue weighted by Crippen LogP contribution is 2.16. The number of benzene rings is 1. The minimum atomic E-state index is -0.287. The summed E-state index contributed by atoms with van der Waals surface area (Å²) in [4.78, 5) is 16.0. The van der Waals surface area contributed by atoms with Gasteiger partial charge in [0.25, 0.3) is 0 Å². The predicted molar refractivity (Wildman–Crippen MR) is 80.5 cm³/mol. The maximum absolute atomic E-state index is 13.2. The number of hydrogen-bond donors (Lipinski definition) is 2. The van der Waals surface area contributed by atoms with Crippen molar-refractivity contribution in [2.45, 2.75) is 19.3 Å². The number of amides is 1. The van der Waals surface area contributed by atoms with E-state index in [2.05, 4.69) is 15.6 Å². The zero-order chi connectivity index (χ0) is 15.2. The van der Waals surface area contributed by atoms with Crippen LogP contribution in [0.2, 0.25) is 0 Å². The molecule has 0 spiro atoms. The second-order valence-corrected chi connectivity index (χ2v) is 5.03. The van der Waals surface area contributed by atoms with Crippen LogP contribution in [0.25, 0.3) is 11.0 Å². The Balaban J connectivity index is 1.89. The standard InChI is InChI=1S/C15H21FN4O/c1-17-8-3-4-15(21)18-9-7-14-19-12-10-11(16)5-6-13(12)20(14)2/h5-6,10,17H,3-4,7-9H2,1-2H3,(H,18,21). The van der Waals surface area contributed by atoms with Crippen LogP contribution in [0, 0.1) is 5.82 Å². The highest BCUT2D eigenvalue weighted by Gasteiger charge is 2.09. The molecule has 0 bridgehead atoms. The lowest BCUT2D eigenvalue weighted by Crippen LogP contribution is -2.26. The predicted octanol–water partition coefficient (Wildman–Crippen LogP) is 1.37. The number of hydrogen-bond acceptors (Lipinski definition) is 3. The maximum atomic E-state index is 13.2. The van der Waals surface area contributed by atoms with E-state index >= 15 is 0 Å². The molecule has 1 amide bonds. The number of rotatable bonds is 7. The van der Waals surface area contributed by atoms with Gasteiger partial charge < -0.3 is 15.2 Å². The van der Waals surface area contributed by atoms with E-state index in [1.807, 2.05) is 18.7 Å². The summed E-state index contributed by atoms with van der Waals surface area (Å²) in [5.41, 5.74) is 1.54. The van der Waals surface area contributed by atoms with Crippen LogP contribution in [-0.2, 0) is 18.3 Å². The maximum Gasteiger partial charge on any atom is 0.220 e. The molecule has 2 aromatic rings. The van der Waals surface area contributed by atoms with Gasteiger partial charge in [-0.05, 0) is 32.1 Å². The Kier molecular flexibility index (Phi) is 5.27. The average Bonchev–Trinajstić information content (AvgIpc) is 2.75. The number of nitrogens with one attached hydrogen (secondary N) is 2. The van der Waals surface area contributed by atoms with Gasteiger partial charge >= 0.3 is 0 Å². The molecule has 0 fully saturated rings. The van der Waals surface area contributed by atoms with Gasteiger partial charge in [-0.25, -0.2) is 9.37 Å². The number of imidazole rings is 1. The van der Waals surface area contributed by atoms with Gasteiger partial charge in [0.1, 0.15) is 11.6 Å². The fourth-order valence-electron chi connectivity index (χ4n) is 2.27. The molecule has 0 atom stereocenters. The van der Waals surface area contributed by atoms with Crippen LogP contribution in [0.15, 0.2) is 18.2 Å². The van der Waals surface area contributed by atoms with Gasteiger partial charge in [0.15, 0.2) is 0 Å². The zero-order valence-corrected chi connectivity index (χ0v) is 12.4. The first kappa shape index (κ1) is 15.4. The van der Waals surface area contributed by atoms with Crippen molar-refractivity contribution < 1.29 is 9.18 Å². The molecule has 0 saturated carbocycles. The molecule has 1 aromatic carbocycles. The molecule has 2 rings (SSSR count). The number of fused-ring (bicyclic) bond motifs is 1. The zero-order valence-electron chi connectivity index (χ0n) is 12.4. The molecule has 5 nitrogen and oxygen atoms in total.